The molecule has 1 fully saturated rings. The lowest BCUT2D eigenvalue weighted by Crippen LogP contribution is -3.12. The van der Waals surface area contributed by atoms with E-state index in [9.17, 15) is 4.79 Å². The number of nitrogens with one attached hydrogen (secondary N) is 1. The number of hydrogen-bond donors (Lipinski definition) is 1. The van der Waals surface area contributed by atoms with Gasteiger partial charge in [0.25, 0.3) is 0 Å². The number of rotatable bonds is 4. The van der Waals surface area contributed by atoms with Crippen LogP contribution in [0.2, 0.25) is 0 Å². The second-order valence-corrected chi connectivity index (χ2v) is 5.40. The fourth-order valence-electron chi connectivity index (χ4n) is 2.85. The second-order valence-electron chi connectivity index (χ2n) is 5.40. The molecule has 1 N–H and O–H groups in total. The first kappa shape index (κ1) is 14.1. The molecule has 0 saturated carbocycles. The van der Waals surface area contributed by atoms with Crippen LogP contribution < -0.4 is 4.90 Å². The van der Waals surface area contributed by atoms with E-state index in [1.165, 1.54) is 16.0 Å². The summed E-state index contributed by atoms with van der Waals surface area (Å²) in [6, 6.07) is 8.51. The Morgan fingerprint density at radius 1 is 1.42 bits per heavy atom. The third-order valence-electron chi connectivity index (χ3n) is 3.94. The molecule has 1 aromatic carbocycles. The topological polar surface area (TPSA) is 30.7 Å². The Kier molecular flexibility index (Phi) is 4.97. The van der Waals surface area contributed by atoms with Crippen molar-refractivity contribution in [3.05, 3.63) is 35.4 Å². The molecule has 0 aliphatic carbocycles. The number of likely N-dealkylation sites (tertiary alicyclic amines) is 1. The summed E-state index contributed by atoms with van der Waals surface area (Å²) in [6.07, 6.45) is 2.10. The van der Waals surface area contributed by atoms with Crippen molar-refractivity contribution in [3.8, 4) is 0 Å². The van der Waals surface area contributed by atoms with Crippen molar-refractivity contribution >= 4 is 5.97 Å². The van der Waals surface area contributed by atoms with Crippen LogP contribution in [0.25, 0.3) is 0 Å². The molecule has 3 heteroatoms. The van der Waals surface area contributed by atoms with Gasteiger partial charge in [0.1, 0.15) is 12.5 Å². The van der Waals surface area contributed by atoms with Gasteiger partial charge in [0, 0.05) is 5.56 Å². The van der Waals surface area contributed by atoms with Crippen LogP contribution in [-0.4, -0.2) is 25.7 Å². The Morgan fingerprint density at radius 2 is 2.21 bits per heavy atom. The van der Waals surface area contributed by atoms with E-state index in [0.717, 1.165) is 32.5 Å². The number of esters is 1. The van der Waals surface area contributed by atoms with Crippen molar-refractivity contribution < 1.29 is 14.4 Å². The van der Waals surface area contributed by atoms with Gasteiger partial charge in [-0.1, -0.05) is 24.3 Å². The van der Waals surface area contributed by atoms with Crippen LogP contribution >= 0.6 is 0 Å². The molecule has 0 bridgehead atoms. The summed E-state index contributed by atoms with van der Waals surface area (Å²) in [5, 5.41) is 0. The van der Waals surface area contributed by atoms with Gasteiger partial charge >= 0.3 is 5.97 Å². The molecule has 1 aromatic rings. The van der Waals surface area contributed by atoms with Crippen molar-refractivity contribution in [2.24, 2.45) is 5.92 Å². The van der Waals surface area contributed by atoms with E-state index in [0.29, 0.717) is 6.61 Å². The van der Waals surface area contributed by atoms with Crippen LogP contribution in [-0.2, 0) is 16.1 Å². The number of quaternary nitrogens is 1. The Bertz CT molecular complexity index is 431. The molecule has 0 radical (unpaired) electrons. The lowest BCUT2D eigenvalue weighted by Gasteiger charge is -2.29. The molecule has 1 saturated heterocycles. The summed E-state index contributed by atoms with van der Waals surface area (Å²) < 4.78 is 5.15. The molecule has 2 rings (SSSR count). The van der Waals surface area contributed by atoms with E-state index in [4.69, 9.17) is 4.74 Å². The molecule has 1 aliphatic rings. The third kappa shape index (κ3) is 3.80. The van der Waals surface area contributed by atoms with Crippen molar-refractivity contribution in [2.75, 3.05) is 19.7 Å². The van der Waals surface area contributed by atoms with E-state index in [-0.39, 0.29) is 11.9 Å². The van der Waals surface area contributed by atoms with Crippen molar-refractivity contribution in [3.63, 3.8) is 0 Å². The number of carbonyl (C=O) groups is 1. The average molecular weight is 262 g/mol. The number of hydrogen-bond acceptors (Lipinski definition) is 2. The highest BCUT2D eigenvalue weighted by Gasteiger charge is 2.29. The molecule has 104 valence electrons. The van der Waals surface area contributed by atoms with Crippen LogP contribution in [0.15, 0.2) is 24.3 Å². The van der Waals surface area contributed by atoms with Gasteiger partial charge in [0.15, 0.2) is 0 Å². The molecule has 0 spiro atoms. The summed E-state index contributed by atoms with van der Waals surface area (Å²) in [4.78, 5) is 13.3. The SMILES string of the molecule is CCOC(=O)[C@@H]1CCC[NH+](Cc2ccccc2C)C1. The van der Waals surface area contributed by atoms with Crippen LogP contribution in [0.3, 0.4) is 0 Å². The minimum Gasteiger partial charge on any atom is -0.466 e. The largest absolute Gasteiger partial charge is 0.466 e. The van der Waals surface area contributed by atoms with E-state index < -0.39 is 0 Å². The van der Waals surface area contributed by atoms with Crippen molar-refractivity contribution in [2.45, 2.75) is 33.2 Å². The minimum absolute atomic E-state index is 0.00974. The quantitative estimate of drug-likeness (QED) is 0.831. The predicted molar refractivity (Wildman–Crippen MR) is 74.9 cm³/mol. The fraction of sp³-hybridized carbons (Fsp3) is 0.562. The number of aryl methyl sites for hydroxylation is 1. The van der Waals surface area contributed by atoms with E-state index in [1.54, 1.807) is 0 Å². The van der Waals surface area contributed by atoms with E-state index in [1.807, 2.05) is 6.92 Å². The standard InChI is InChI=1S/C16H23NO2/c1-3-19-16(18)15-9-6-10-17(12-15)11-14-8-5-4-7-13(14)2/h4-5,7-8,15H,3,6,9-12H2,1-2H3/p+1/t15-/m1/s1. The molecule has 2 atom stereocenters. The van der Waals surface area contributed by atoms with Gasteiger partial charge < -0.3 is 9.64 Å². The molecular weight excluding hydrogens is 238 g/mol. The van der Waals surface area contributed by atoms with Crippen molar-refractivity contribution in [1.82, 2.24) is 0 Å². The zero-order valence-corrected chi connectivity index (χ0v) is 11.9. The summed E-state index contributed by atoms with van der Waals surface area (Å²) in [7, 11) is 0. The van der Waals surface area contributed by atoms with Crippen LogP contribution in [0.5, 0.6) is 0 Å². The number of ether oxygens (including phenoxy) is 1. The Hall–Kier alpha value is -1.35. The minimum atomic E-state index is -0.00974. The Balaban J connectivity index is 1.94. The van der Waals surface area contributed by atoms with Gasteiger partial charge in [-0.2, -0.15) is 0 Å². The highest BCUT2D eigenvalue weighted by atomic mass is 16.5. The summed E-state index contributed by atoms with van der Waals surface area (Å²) >= 11 is 0. The first-order valence-corrected chi connectivity index (χ1v) is 7.25. The summed E-state index contributed by atoms with van der Waals surface area (Å²) in [5.41, 5.74) is 2.73. The van der Waals surface area contributed by atoms with Gasteiger partial charge in [0.05, 0.1) is 19.7 Å². The maximum absolute atomic E-state index is 11.8. The number of benzene rings is 1. The smallest absolute Gasteiger partial charge is 0.314 e. The molecule has 1 aliphatic heterocycles. The number of carbonyl (C=O) groups excluding carboxylic acids is 1. The maximum Gasteiger partial charge on any atom is 0.314 e. The molecule has 1 heterocycles. The normalized spacial score (nSPS) is 23.1. The van der Waals surface area contributed by atoms with Gasteiger partial charge in [-0.15, -0.1) is 0 Å². The van der Waals surface area contributed by atoms with Crippen LogP contribution in [0, 0.1) is 12.8 Å². The monoisotopic (exact) mass is 262 g/mol. The van der Waals surface area contributed by atoms with Gasteiger partial charge in [-0.05, 0) is 32.3 Å². The highest BCUT2D eigenvalue weighted by Crippen LogP contribution is 2.11. The molecule has 3 nitrogen and oxygen atoms in total. The van der Waals surface area contributed by atoms with Gasteiger partial charge in [-0.25, -0.2) is 0 Å². The highest BCUT2D eigenvalue weighted by molar-refractivity contribution is 5.72. The molecule has 19 heavy (non-hydrogen) atoms. The lowest BCUT2D eigenvalue weighted by molar-refractivity contribution is -0.921. The van der Waals surface area contributed by atoms with Crippen molar-refractivity contribution in [1.29, 1.82) is 0 Å². The summed E-state index contributed by atoms with van der Waals surface area (Å²) in [6.45, 7) is 7.60. The molecule has 0 amide bonds. The Labute approximate surface area is 115 Å². The molecular formula is C16H24NO2+. The average Bonchev–Trinajstić information content (AvgIpc) is 2.42. The third-order valence-corrected chi connectivity index (χ3v) is 3.94. The summed E-state index contributed by atoms with van der Waals surface area (Å²) in [5.74, 6) is 0.0807. The van der Waals surface area contributed by atoms with E-state index >= 15 is 0 Å². The first-order valence-electron chi connectivity index (χ1n) is 7.25. The molecule has 0 aromatic heterocycles. The van der Waals surface area contributed by atoms with Gasteiger partial charge in [0.2, 0.25) is 0 Å². The Morgan fingerprint density at radius 3 is 2.95 bits per heavy atom. The lowest BCUT2D eigenvalue weighted by atomic mass is 9.97. The molecule has 1 unspecified atom stereocenters. The zero-order chi connectivity index (χ0) is 13.7. The fourth-order valence-corrected chi connectivity index (χ4v) is 2.85. The maximum atomic E-state index is 11.8. The van der Waals surface area contributed by atoms with E-state index in [2.05, 4.69) is 31.2 Å². The van der Waals surface area contributed by atoms with Gasteiger partial charge in [-0.3, -0.25) is 4.79 Å². The first-order chi connectivity index (χ1) is 9.20. The zero-order valence-electron chi connectivity index (χ0n) is 11.9. The number of piperidine rings is 1. The van der Waals surface area contributed by atoms with Crippen LogP contribution in [0.1, 0.15) is 30.9 Å². The van der Waals surface area contributed by atoms with Crippen LogP contribution in [0.4, 0.5) is 0 Å². The predicted octanol–water partition coefficient (Wildman–Crippen LogP) is 1.35. The second kappa shape index (κ2) is 6.71.